The summed E-state index contributed by atoms with van der Waals surface area (Å²) in [6.07, 6.45) is 1.66. The predicted octanol–water partition coefficient (Wildman–Crippen LogP) is 3.30. The first-order chi connectivity index (χ1) is 8.18. The van der Waals surface area contributed by atoms with Gasteiger partial charge in [0.05, 0.1) is 5.69 Å². The molecule has 17 heavy (non-hydrogen) atoms. The number of nitrogens with one attached hydrogen (secondary N) is 1. The number of para-hydroxylation sites is 1. The van der Waals surface area contributed by atoms with Crippen molar-refractivity contribution in [1.29, 1.82) is 0 Å². The Labute approximate surface area is 106 Å². The summed E-state index contributed by atoms with van der Waals surface area (Å²) in [6.45, 7) is 0.327. The Bertz CT molecular complexity index is 534. The molecule has 0 aliphatic rings. The number of benzene rings is 1. The molecule has 0 amide bonds. The van der Waals surface area contributed by atoms with Crippen LogP contribution in [0.4, 0.5) is 10.1 Å². The lowest BCUT2D eigenvalue weighted by Gasteiger charge is -2.09. The van der Waals surface area contributed by atoms with Gasteiger partial charge in [-0.2, -0.15) is 0 Å². The molecule has 0 bridgehead atoms. The topological polar surface area (TPSA) is 45.1 Å². The molecule has 2 N–H and O–H groups in total. The van der Waals surface area contributed by atoms with Crippen molar-refractivity contribution in [1.82, 2.24) is 4.98 Å². The molecule has 1 aromatic heterocycles. The summed E-state index contributed by atoms with van der Waals surface area (Å²) in [5.41, 5.74) is 1.29. The summed E-state index contributed by atoms with van der Waals surface area (Å²) in [5, 5.41) is 12.6. The third kappa shape index (κ3) is 2.74. The van der Waals surface area contributed by atoms with Gasteiger partial charge >= 0.3 is 0 Å². The van der Waals surface area contributed by atoms with Gasteiger partial charge < -0.3 is 10.4 Å². The number of phenols is 1. The van der Waals surface area contributed by atoms with E-state index in [4.69, 9.17) is 0 Å². The van der Waals surface area contributed by atoms with Gasteiger partial charge in [0.15, 0.2) is 11.6 Å². The first-order valence-corrected chi connectivity index (χ1v) is 5.78. The molecule has 0 radical (unpaired) electrons. The van der Waals surface area contributed by atoms with Gasteiger partial charge in [-0.15, -0.1) is 0 Å². The van der Waals surface area contributed by atoms with Gasteiger partial charge in [-0.05, 0) is 34.1 Å². The molecule has 0 atom stereocenters. The average molecular weight is 297 g/mol. The highest BCUT2D eigenvalue weighted by Crippen LogP contribution is 2.23. The minimum Gasteiger partial charge on any atom is -0.505 e. The molecule has 88 valence electrons. The zero-order valence-corrected chi connectivity index (χ0v) is 10.4. The highest BCUT2D eigenvalue weighted by atomic mass is 79.9. The lowest BCUT2D eigenvalue weighted by atomic mass is 10.2. The SMILES string of the molecule is Oc1c(F)cccc1CNc1cccnc1Br. The van der Waals surface area contributed by atoms with Crippen molar-refractivity contribution in [2.24, 2.45) is 0 Å². The van der Waals surface area contributed by atoms with Crippen molar-refractivity contribution in [3.05, 3.63) is 52.5 Å². The van der Waals surface area contributed by atoms with Crippen molar-refractivity contribution in [2.75, 3.05) is 5.32 Å². The quantitative estimate of drug-likeness (QED) is 0.854. The molecule has 3 nitrogen and oxygen atoms in total. The second kappa shape index (κ2) is 5.14. The monoisotopic (exact) mass is 296 g/mol. The molecule has 0 saturated heterocycles. The van der Waals surface area contributed by atoms with Crippen LogP contribution in [-0.4, -0.2) is 10.1 Å². The van der Waals surface area contributed by atoms with Gasteiger partial charge in [-0.25, -0.2) is 9.37 Å². The van der Waals surface area contributed by atoms with E-state index in [-0.39, 0.29) is 5.75 Å². The molecule has 5 heteroatoms. The molecular formula is C12H10BrFN2O. The lowest BCUT2D eigenvalue weighted by Crippen LogP contribution is -2.01. The molecule has 1 aromatic carbocycles. The number of halogens is 2. The van der Waals surface area contributed by atoms with E-state index in [2.05, 4.69) is 26.2 Å². The van der Waals surface area contributed by atoms with Crippen molar-refractivity contribution >= 4 is 21.6 Å². The third-order valence-corrected chi connectivity index (χ3v) is 2.93. The Morgan fingerprint density at radius 2 is 2.12 bits per heavy atom. The van der Waals surface area contributed by atoms with Crippen molar-refractivity contribution in [2.45, 2.75) is 6.54 Å². The molecule has 0 spiro atoms. The fourth-order valence-corrected chi connectivity index (χ4v) is 1.80. The van der Waals surface area contributed by atoms with Crippen LogP contribution in [-0.2, 0) is 6.54 Å². The number of aromatic hydroxyl groups is 1. The first kappa shape index (κ1) is 11.9. The molecule has 0 aliphatic carbocycles. The van der Waals surface area contributed by atoms with E-state index >= 15 is 0 Å². The zero-order valence-electron chi connectivity index (χ0n) is 8.82. The molecule has 0 aliphatic heterocycles. The highest BCUT2D eigenvalue weighted by molar-refractivity contribution is 9.10. The molecule has 1 heterocycles. The maximum absolute atomic E-state index is 13.1. The van der Waals surface area contributed by atoms with E-state index < -0.39 is 5.82 Å². The third-order valence-electron chi connectivity index (χ3n) is 2.30. The second-order valence-corrected chi connectivity index (χ2v) is 4.19. The number of rotatable bonds is 3. The Morgan fingerprint density at radius 1 is 1.29 bits per heavy atom. The van der Waals surface area contributed by atoms with E-state index in [0.717, 1.165) is 5.69 Å². The first-order valence-electron chi connectivity index (χ1n) is 4.99. The van der Waals surface area contributed by atoms with Crippen LogP contribution in [0.15, 0.2) is 41.1 Å². The lowest BCUT2D eigenvalue weighted by molar-refractivity contribution is 0.427. The summed E-state index contributed by atoms with van der Waals surface area (Å²) >= 11 is 3.29. The number of aromatic nitrogens is 1. The normalized spacial score (nSPS) is 10.2. The van der Waals surface area contributed by atoms with Crippen LogP contribution >= 0.6 is 15.9 Å². The number of nitrogens with zero attached hydrogens (tertiary/aromatic N) is 1. The van der Waals surface area contributed by atoms with Gasteiger partial charge in [0, 0.05) is 18.3 Å². The van der Waals surface area contributed by atoms with E-state index in [1.54, 1.807) is 24.4 Å². The Morgan fingerprint density at radius 3 is 2.88 bits per heavy atom. The number of hydrogen-bond acceptors (Lipinski definition) is 3. The Hall–Kier alpha value is -1.62. The van der Waals surface area contributed by atoms with Gasteiger partial charge in [-0.3, -0.25) is 0 Å². The number of hydrogen-bond donors (Lipinski definition) is 2. The summed E-state index contributed by atoms with van der Waals surface area (Å²) in [7, 11) is 0. The largest absolute Gasteiger partial charge is 0.505 e. The van der Waals surface area contributed by atoms with Crippen molar-refractivity contribution in [3.8, 4) is 5.75 Å². The van der Waals surface area contributed by atoms with Crippen molar-refractivity contribution in [3.63, 3.8) is 0 Å². The minimum absolute atomic E-state index is 0.319. The van der Waals surface area contributed by atoms with Crippen LogP contribution in [0.25, 0.3) is 0 Å². The fourth-order valence-electron chi connectivity index (χ4n) is 1.41. The number of anilines is 1. The summed E-state index contributed by atoms with van der Waals surface area (Å²) in [6, 6.07) is 8.07. The maximum atomic E-state index is 13.1. The van der Waals surface area contributed by atoms with Crippen LogP contribution < -0.4 is 5.32 Å². The van der Waals surface area contributed by atoms with E-state index in [1.165, 1.54) is 6.07 Å². The van der Waals surface area contributed by atoms with Gasteiger partial charge in [0.25, 0.3) is 0 Å². The summed E-state index contributed by atoms with van der Waals surface area (Å²) < 4.78 is 13.8. The fraction of sp³-hybridized carbons (Fsp3) is 0.0833. The smallest absolute Gasteiger partial charge is 0.165 e. The minimum atomic E-state index is -0.616. The van der Waals surface area contributed by atoms with E-state index in [1.807, 2.05) is 6.07 Å². The van der Waals surface area contributed by atoms with E-state index in [0.29, 0.717) is 16.7 Å². The van der Waals surface area contributed by atoms with Crippen LogP contribution in [0.2, 0.25) is 0 Å². The predicted molar refractivity (Wildman–Crippen MR) is 67.3 cm³/mol. The van der Waals surface area contributed by atoms with Crippen LogP contribution in [0.5, 0.6) is 5.75 Å². The zero-order chi connectivity index (χ0) is 12.3. The highest BCUT2D eigenvalue weighted by Gasteiger charge is 2.06. The van der Waals surface area contributed by atoms with Crippen LogP contribution in [0.3, 0.4) is 0 Å². The molecule has 2 rings (SSSR count). The van der Waals surface area contributed by atoms with E-state index in [9.17, 15) is 9.50 Å². The molecule has 0 fully saturated rings. The van der Waals surface area contributed by atoms with Crippen molar-refractivity contribution < 1.29 is 9.50 Å². The average Bonchev–Trinajstić information content (AvgIpc) is 2.33. The second-order valence-electron chi connectivity index (χ2n) is 3.44. The van der Waals surface area contributed by atoms with Gasteiger partial charge in [0.2, 0.25) is 0 Å². The van der Waals surface area contributed by atoms with Crippen LogP contribution in [0, 0.1) is 5.82 Å². The molecule has 2 aromatic rings. The molecule has 0 unspecified atom stereocenters. The summed E-state index contributed by atoms with van der Waals surface area (Å²) in [5.74, 6) is -0.936. The van der Waals surface area contributed by atoms with Gasteiger partial charge in [-0.1, -0.05) is 12.1 Å². The Balaban J connectivity index is 2.13. The Kier molecular flexibility index (Phi) is 3.58. The maximum Gasteiger partial charge on any atom is 0.165 e. The van der Waals surface area contributed by atoms with Crippen LogP contribution in [0.1, 0.15) is 5.56 Å². The summed E-state index contributed by atoms with van der Waals surface area (Å²) in [4.78, 5) is 4.05. The van der Waals surface area contributed by atoms with Gasteiger partial charge in [0.1, 0.15) is 4.60 Å². The number of pyridine rings is 1. The number of phenolic OH excluding ortho intramolecular Hbond substituents is 1. The standard InChI is InChI=1S/C12H10BrFN2O/c13-12-10(5-2-6-15-12)16-7-8-3-1-4-9(14)11(8)17/h1-6,16-17H,7H2. The molecular weight excluding hydrogens is 287 g/mol. The molecule has 0 saturated carbocycles.